The van der Waals surface area contributed by atoms with Gasteiger partial charge in [0.2, 0.25) is 5.12 Å². The highest BCUT2D eigenvalue weighted by Crippen LogP contribution is 2.50. The van der Waals surface area contributed by atoms with E-state index in [0.29, 0.717) is 22.1 Å². The largest absolute Gasteiger partial charge is 0.416 e. The quantitative estimate of drug-likeness (QED) is 0.752. The molecule has 1 aliphatic heterocycles. The minimum Gasteiger partial charge on any atom is -0.382 e. The first kappa shape index (κ1) is 18.1. The molecule has 0 radical (unpaired) electrons. The van der Waals surface area contributed by atoms with E-state index in [1.165, 1.54) is 6.07 Å². The molecule has 3 atom stereocenters. The second-order valence-corrected chi connectivity index (χ2v) is 7.55. The fourth-order valence-corrected chi connectivity index (χ4v) is 4.93. The molecule has 0 saturated heterocycles. The van der Waals surface area contributed by atoms with Crippen molar-refractivity contribution in [3.63, 3.8) is 0 Å². The van der Waals surface area contributed by atoms with Gasteiger partial charge in [-0.3, -0.25) is 4.79 Å². The first-order valence-electron chi connectivity index (χ1n) is 8.29. The van der Waals surface area contributed by atoms with E-state index >= 15 is 0 Å². The number of hydrogen-bond donors (Lipinski definition) is 1. The SMILES string of the molecule is C=CC1CCC(C2C(=O)SC(NC)=C2c2cccc(C(F)(F)F)c2)C1. The van der Waals surface area contributed by atoms with Crippen molar-refractivity contribution in [2.45, 2.75) is 25.4 Å². The molecular formula is C19H20F3NOS. The van der Waals surface area contributed by atoms with Gasteiger partial charge in [-0.1, -0.05) is 18.2 Å². The topological polar surface area (TPSA) is 29.1 Å². The molecule has 0 amide bonds. The van der Waals surface area contributed by atoms with Gasteiger partial charge in [-0.05, 0) is 60.6 Å². The third-order valence-electron chi connectivity index (χ3n) is 5.06. The minimum absolute atomic E-state index is 0.0199. The zero-order valence-electron chi connectivity index (χ0n) is 13.9. The summed E-state index contributed by atoms with van der Waals surface area (Å²) in [4.78, 5) is 12.6. The lowest BCUT2D eigenvalue weighted by molar-refractivity contribution is -0.137. The lowest BCUT2D eigenvalue weighted by Gasteiger charge is -2.21. The Labute approximate surface area is 149 Å². The molecule has 1 saturated carbocycles. The molecule has 1 N–H and O–H groups in total. The van der Waals surface area contributed by atoms with Gasteiger partial charge in [0.25, 0.3) is 0 Å². The van der Waals surface area contributed by atoms with Gasteiger partial charge < -0.3 is 5.32 Å². The van der Waals surface area contributed by atoms with Gasteiger partial charge in [0, 0.05) is 12.6 Å². The van der Waals surface area contributed by atoms with Gasteiger partial charge in [-0.15, -0.1) is 6.58 Å². The highest BCUT2D eigenvalue weighted by atomic mass is 32.2. The second kappa shape index (κ2) is 6.90. The minimum atomic E-state index is -4.40. The summed E-state index contributed by atoms with van der Waals surface area (Å²) in [7, 11) is 1.70. The lowest BCUT2D eigenvalue weighted by Crippen LogP contribution is -2.19. The summed E-state index contributed by atoms with van der Waals surface area (Å²) in [5.74, 6) is 0.170. The maximum atomic E-state index is 13.1. The fourth-order valence-electron chi connectivity index (χ4n) is 3.84. The van der Waals surface area contributed by atoms with Crippen molar-refractivity contribution in [1.82, 2.24) is 5.32 Å². The van der Waals surface area contributed by atoms with E-state index in [9.17, 15) is 18.0 Å². The van der Waals surface area contributed by atoms with Crippen molar-refractivity contribution in [2.75, 3.05) is 7.05 Å². The molecular weight excluding hydrogens is 347 g/mol. The molecule has 1 heterocycles. The van der Waals surface area contributed by atoms with Crippen LogP contribution in [0.3, 0.4) is 0 Å². The highest BCUT2D eigenvalue weighted by Gasteiger charge is 2.43. The van der Waals surface area contributed by atoms with Gasteiger partial charge in [0.1, 0.15) is 0 Å². The molecule has 3 unspecified atom stereocenters. The van der Waals surface area contributed by atoms with Crippen LogP contribution in [0.1, 0.15) is 30.4 Å². The molecule has 1 aliphatic carbocycles. The Bertz CT molecular complexity index is 726. The number of nitrogens with one attached hydrogen (secondary N) is 1. The normalized spacial score (nSPS) is 27.0. The van der Waals surface area contributed by atoms with E-state index in [0.717, 1.165) is 43.2 Å². The number of carbonyl (C=O) groups excluding carboxylic acids is 1. The van der Waals surface area contributed by atoms with E-state index < -0.39 is 11.7 Å². The number of carbonyl (C=O) groups is 1. The number of rotatable bonds is 4. The number of allylic oxidation sites excluding steroid dienone is 2. The molecule has 25 heavy (non-hydrogen) atoms. The van der Waals surface area contributed by atoms with Crippen LogP contribution in [0.25, 0.3) is 5.57 Å². The van der Waals surface area contributed by atoms with Gasteiger partial charge in [-0.2, -0.15) is 13.2 Å². The summed E-state index contributed by atoms with van der Waals surface area (Å²) in [6.45, 7) is 3.83. The van der Waals surface area contributed by atoms with Crippen LogP contribution in [-0.2, 0) is 11.0 Å². The maximum absolute atomic E-state index is 13.1. The number of thioether (sulfide) groups is 1. The van der Waals surface area contributed by atoms with Crippen molar-refractivity contribution < 1.29 is 18.0 Å². The standard InChI is InChI=1S/C19H20F3NOS/c1-3-11-7-8-13(9-11)16-15(17(23-2)25-18(16)24)12-5-4-6-14(10-12)19(20,21)22/h3-6,10-11,13,16,23H,1,7-9H2,2H3. The molecule has 3 rings (SSSR count). The van der Waals surface area contributed by atoms with E-state index in [1.54, 1.807) is 13.1 Å². The lowest BCUT2D eigenvalue weighted by atomic mass is 9.82. The summed E-state index contributed by atoms with van der Waals surface area (Å²) < 4.78 is 39.3. The van der Waals surface area contributed by atoms with Crippen LogP contribution < -0.4 is 5.32 Å². The number of benzene rings is 1. The zero-order valence-corrected chi connectivity index (χ0v) is 14.7. The average molecular weight is 367 g/mol. The van der Waals surface area contributed by atoms with Crippen molar-refractivity contribution in [3.8, 4) is 0 Å². The molecule has 2 aliphatic rings. The third-order valence-corrected chi connectivity index (χ3v) is 6.14. The van der Waals surface area contributed by atoms with Crippen LogP contribution in [0, 0.1) is 17.8 Å². The predicted molar refractivity (Wildman–Crippen MR) is 94.5 cm³/mol. The van der Waals surface area contributed by atoms with E-state index in [4.69, 9.17) is 0 Å². The third kappa shape index (κ3) is 3.50. The Balaban J connectivity index is 2.01. The van der Waals surface area contributed by atoms with Gasteiger partial charge in [-0.25, -0.2) is 0 Å². The molecule has 2 nitrogen and oxygen atoms in total. The smallest absolute Gasteiger partial charge is 0.382 e. The summed E-state index contributed by atoms with van der Waals surface area (Å²) >= 11 is 1.11. The molecule has 1 fully saturated rings. The Hall–Kier alpha value is -1.69. The average Bonchev–Trinajstić information content (AvgIpc) is 3.17. The predicted octanol–water partition coefficient (Wildman–Crippen LogP) is 5.09. The van der Waals surface area contributed by atoms with E-state index in [-0.39, 0.29) is 17.0 Å². The Morgan fingerprint density at radius 3 is 2.68 bits per heavy atom. The Morgan fingerprint density at radius 2 is 2.08 bits per heavy atom. The van der Waals surface area contributed by atoms with E-state index in [1.807, 2.05) is 6.08 Å². The molecule has 1 aromatic carbocycles. The summed E-state index contributed by atoms with van der Waals surface area (Å²) in [6.07, 6.45) is 0.253. The van der Waals surface area contributed by atoms with Crippen LogP contribution in [0.4, 0.5) is 13.2 Å². The highest BCUT2D eigenvalue weighted by molar-refractivity contribution is 8.17. The molecule has 1 aromatic rings. The van der Waals surface area contributed by atoms with Crippen LogP contribution in [0.15, 0.2) is 41.9 Å². The molecule has 0 spiro atoms. The van der Waals surface area contributed by atoms with Crippen molar-refractivity contribution in [1.29, 1.82) is 0 Å². The Morgan fingerprint density at radius 1 is 1.32 bits per heavy atom. The van der Waals surface area contributed by atoms with E-state index in [2.05, 4.69) is 11.9 Å². The summed E-state index contributed by atoms with van der Waals surface area (Å²) in [5.41, 5.74) is 0.495. The number of alkyl halides is 3. The summed E-state index contributed by atoms with van der Waals surface area (Å²) in [5, 5.41) is 3.68. The van der Waals surface area contributed by atoms with Crippen molar-refractivity contribution >= 4 is 22.5 Å². The van der Waals surface area contributed by atoms with Crippen molar-refractivity contribution in [3.05, 3.63) is 53.1 Å². The fraction of sp³-hybridized carbons (Fsp3) is 0.421. The number of hydrogen-bond acceptors (Lipinski definition) is 3. The monoisotopic (exact) mass is 367 g/mol. The van der Waals surface area contributed by atoms with Crippen LogP contribution >= 0.6 is 11.8 Å². The van der Waals surface area contributed by atoms with Crippen LogP contribution in [-0.4, -0.2) is 12.2 Å². The van der Waals surface area contributed by atoms with Crippen LogP contribution in [0.5, 0.6) is 0 Å². The summed E-state index contributed by atoms with van der Waals surface area (Å²) in [6, 6.07) is 5.28. The number of halogens is 3. The molecule has 0 bridgehead atoms. The van der Waals surface area contributed by atoms with Gasteiger partial charge >= 0.3 is 6.18 Å². The van der Waals surface area contributed by atoms with Crippen LogP contribution in [0.2, 0.25) is 0 Å². The maximum Gasteiger partial charge on any atom is 0.416 e. The van der Waals surface area contributed by atoms with Crippen molar-refractivity contribution in [2.24, 2.45) is 17.8 Å². The first-order chi connectivity index (χ1) is 11.8. The first-order valence-corrected chi connectivity index (χ1v) is 9.10. The molecule has 134 valence electrons. The van der Waals surface area contributed by atoms with Gasteiger partial charge in [0.15, 0.2) is 0 Å². The zero-order chi connectivity index (χ0) is 18.2. The molecule has 0 aromatic heterocycles. The van der Waals surface area contributed by atoms with Gasteiger partial charge in [0.05, 0.1) is 16.5 Å². The Kier molecular flexibility index (Phi) is 5.00. The molecule has 6 heteroatoms. The second-order valence-electron chi connectivity index (χ2n) is 6.54.